The average Bonchev–Trinajstić information content (AvgIpc) is 2.57. The number of phenols is 1. The van der Waals surface area contributed by atoms with Crippen LogP contribution in [-0.4, -0.2) is 23.0 Å². The first kappa shape index (κ1) is 14.3. The third-order valence-electron chi connectivity index (χ3n) is 3.63. The number of aliphatic hydroxyl groups is 1. The fraction of sp³-hybridized carbons (Fsp3) is 0.105. The normalized spacial score (nSPS) is 12.8. The minimum absolute atomic E-state index is 0.191. The molecule has 0 bridgehead atoms. The number of phenolic OH excluding ortho intramolecular Hbond substituents is 1. The van der Waals surface area contributed by atoms with Gasteiger partial charge in [0, 0.05) is 11.8 Å². The molecule has 0 radical (unpaired) electrons. The zero-order valence-corrected chi connectivity index (χ0v) is 12.1. The molecule has 3 aromatic rings. The van der Waals surface area contributed by atoms with E-state index in [0.717, 1.165) is 16.3 Å². The van der Waals surface area contributed by atoms with Crippen LogP contribution in [0, 0.1) is 0 Å². The number of fused-ring (bicyclic) bond motifs is 1. The largest absolute Gasteiger partial charge is 0.507 e. The molecule has 1 atom stereocenters. The van der Waals surface area contributed by atoms with Crippen molar-refractivity contribution in [3.63, 3.8) is 0 Å². The Bertz CT molecular complexity index is 797. The maximum atomic E-state index is 10.1. The van der Waals surface area contributed by atoms with Crippen molar-refractivity contribution >= 4 is 17.0 Å². The van der Waals surface area contributed by atoms with Gasteiger partial charge in [0.15, 0.2) is 0 Å². The molecule has 0 saturated heterocycles. The Labute approximate surface area is 129 Å². The van der Waals surface area contributed by atoms with Crippen molar-refractivity contribution in [3.8, 4) is 5.75 Å². The van der Waals surface area contributed by atoms with Crippen LogP contribution in [0.25, 0.3) is 10.8 Å². The molecule has 0 amide bonds. The second kappa shape index (κ2) is 6.41. The predicted molar refractivity (Wildman–Crippen MR) is 89.5 cm³/mol. The summed E-state index contributed by atoms with van der Waals surface area (Å²) < 4.78 is 0. The molecule has 0 aromatic heterocycles. The summed E-state index contributed by atoms with van der Waals surface area (Å²) >= 11 is 0. The molecule has 0 fully saturated rings. The maximum absolute atomic E-state index is 10.1. The van der Waals surface area contributed by atoms with E-state index in [9.17, 15) is 10.2 Å². The molecular weight excluding hydrogens is 274 g/mol. The highest BCUT2D eigenvalue weighted by Gasteiger charge is 2.06. The second-order valence-corrected chi connectivity index (χ2v) is 5.14. The zero-order chi connectivity index (χ0) is 15.4. The summed E-state index contributed by atoms with van der Waals surface area (Å²) in [5.41, 5.74) is 1.51. The van der Waals surface area contributed by atoms with Gasteiger partial charge in [-0.3, -0.25) is 4.99 Å². The van der Waals surface area contributed by atoms with Gasteiger partial charge in [-0.1, -0.05) is 60.7 Å². The summed E-state index contributed by atoms with van der Waals surface area (Å²) in [7, 11) is 0. The Balaban J connectivity index is 1.83. The number of nitrogens with zero attached hydrogens (tertiary/aromatic N) is 1. The lowest BCUT2D eigenvalue weighted by Crippen LogP contribution is -2.01. The highest BCUT2D eigenvalue weighted by Crippen LogP contribution is 2.25. The van der Waals surface area contributed by atoms with Gasteiger partial charge in [0.1, 0.15) is 5.75 Å². The lowest BCUT2D eigenvalue weighted by Gasteiger charge is -2.08. The first-order valence-corrected chi connectivity index (χ1v) is 7.19. The fourth-order valence-electron chi connectivity index (χ4n) is 2.44. The van der Waals surface area contributed by atoms with E-state index in [-0.39, 0.29) is 12.3 Å². The number of aromatic hydroxyl groups is 1. The van der Waals surface area contributed by atoms with Crippen LogP contribution >= 0.6 is 0 Å². The minimum Gasteiger partial charge on any atom is -0.507 e. The summed E-state index contributed by atoms with van der Waals surface area (Å²) in [5.74, 6) is 0.191. The third kappa shape index (κ3) is 3.00. The van der Waals surface area contributed by atoms with Crippen LogP contribution in [0.2, 0.25) is 0 Å². The Kier molecular flexibility index (Phi) is 4.17. The van der Waals surface area contributed by atoms with Crippen LogP contribution < -0.4 is 0 Å². The van der Waals surface area contributed by atoms with Crippen LogP contribution in [0.3, 0.4) is 0 Å². The van der Waals surface area contributed by atoms with Crippen LogP contribution in [-0.2, 0) is 0 Å². The van der Waals surface area contributed by atoms with Crippen molar-refractivity contribution in [2.45, 2.75) is 6.10 Å². The van der Waals surface area contributed by atoms with Crippen molar-refractivity contribution < 1.29 is 10.2 Å². The minimum atomic E-state index is -0.644. The first-order valence-electron chi connectivity index (χ1n) is 7.19. The van der Waals surface area contributed by atoms with Crippen LogP contribution in [0.15, 0.2) is 71.7 Å². The smallest absolute Gasteiger partial charge is 0.124 e. The van der Waals surface area contributed by atoms with Gasteiger partial charge in [-0.05, 0) is 22.4 Å². The molecule has 3 rings (SSSR count). The summed E-state index contributed by atoms with van der Waals surface area (Å²) in [4.78, 5) is 4.29. The van der Waals surface area contributed by atoms with Crippen LogP contribution in [0.4, 0.5) is 0 Å². The number of aliphatic hydroxyl groups excluding tert-OH is 1. The summed E-state index contributed by atoms with van der Waals surface area (Å²) in [5, 5.41) is 22.1. The van der Waals surface area contributed by atoms with Gasteiger partial charge in [0.25, 0.3) is 0 Å². The van der Waals surface area contributed by atoms with E-state index in [1.165, 1.54) is 0 Å². The fourth-order valence-corrected chi connectivity index (χ4v) is 2.44. The highest BCUT2D eigenvalue weighted by atomic mass is 16.3. The standard InChI is InChI=1S/C19H17NO2/c21-18-11-10-14-6-4-5-9-16(14)17(18)12-20-13-19(22)15-7-2-1-3-8-15/h1-12,19,21-22H,13H2/t19-/m0/s1. The Morgan fingerprint density at radius 2 is 1.64 bits per heavy atom. The van der Waals surface area contributed by atoms with Crippen molar-refractivity contribution in [1.82, 2.24) is 0 Å². The predicted octanol–water partition coefficient (Wildman–Crippen LogP) is 3.70. The molecular formula is C19H17NO2. The lowest BCUT2D eigenvalue weighted by atomic mass is 10.0. The van der Waals surface area contributed by atoms with E-state index >= 15 is 0 Å². The van der Waals surface area contributed by atoms with E-state index in [1.54, 1.807) is 12.3 Å². The molecule has 3 nitrogen and oxygen atoms in total. The maximum Gasteiger partial charge on any atom is 0.124 e. The van der Waals surface area contributed by atoms with Gasteiger partial charge in [0.05, 0.1) is 12.6 Å². The third-order valence-corrected chi connectivity index (χ3v) is 3.63. The molecule has 0 aliphatic carbocycles. The van der Waals surface area contributed by atoms with E-state index < -0.39 is 6.10 Å². The molecule has 0 aliphatic rings. The SMILES string of the molecule is Oc1ccc2ccccc2c1C=NC[C@H](O)c1ccccc1. The monoisotopic (exact) mass is 291 g/mol. The Hall–Kier alpha value is -2.65. The van der Waals surface area contributed by atoms with Gasteiger partial charge in [-0.2, -0.15) is 0 Å². The van der Waals surface area contributed by atoms with Gasteiger partial charge < -0.3 is 10.2 Å². The quantitative estimate of drug-likeness (QED) is 0.720. The summed E-state index contributed by atoms with van der Waals surface area (Å²) in [6.07, 6.45) is 0.985. The topological polar surface area (TPSA) is 52.8 Å². The summed E-state index contributed by atoms with van der Waals surface area (Å²) in [6.45, 7) is 0.257. The van der Waals surface area contributed by atoms with Gasteiger partial charge >= 0.3 is 0 Å². The Morgan fingerprint density at radius 1 is 0.909 bits per heavy atom. The molecule has 0 spiro atoms. The highest BCUT2D eigenvalue weighted by molar-refractivity contribution is 6.02. The molecule has 3 aromatic carbocycles. The molecule has 110 valence electrons. The molecule has 22 heavy (non-hydrogen) atoms. The number of aliphatic imine (C=N–C) groups is 1. The summed E-state index contributed by atoms with van der Waals surface area (Å²) in [6, 6.07) is 20.8. The van der Waals surface area contributed by atoms with Crippen molar-refractivity contribution in [2.75, 3.05) is 6.54 Å². The van der Waals surface area contributed by atoms with Crippen LogP contribution in [0.1, 0.15) is 17.2 Å². The molecule has 0 heterocycles. The second-order valence-electron chi connectivity index (χ2n) is 5.14. The zero-order valence-electron chi connectivity index (χ0n) is 12.1. The van der Waals surface area contributed by atoms with Crippen molar-refractivity contribution in [2.24, 2.45) is 4.99 Å². The molecule has 0 saturated carbocycles. The lowest BCUT2D eigenvalue weighted by molar-refractivity contribution is 0.187. The molecule has 0 aliphatic heterocycles. The number of hydrogen-bond donors (Lipinski definition) is 2. The van der Waals surface area contributed by atoms with E-state index in [2.05, 4.69) is 4.99 Å². The van der Waals surface area contributed by atoms with Gasteiger partial charge in [-0.15, -0.1) is 0 Å². The molecule has 0 unspecified atom stereocenters. The van der Waals surface area contributed by atoms with E-state index in [1.807, 2.05) is 60.7 Å². The van der Waals surface area contributed by atoms with E-state index in [4.69, 9.17) is 0 Å². The van der Waals surface area contributed by atoms with Gasteiger partial charge in [-0.25, -0.2) is 0 Å². The van der Waals surface area contributed by atoms with Gasteiger partial charge in [0.2, 0.25) is 0 Å². The molecule has 2 N–H and O–H groups in total. The number of benzene rings is 3. The van der Waals surface area contributed by atoms with Crippen molar-refractivity contribution in [3.05, 3.63) is 77.9 Å². The Morgan fingerprint density at radius 3 is 2.45 bits per heavy atom. The van der Waals surface area contributed by atoms with Crippen molar-refractivity contribution in [1.29, 1.82) is 0 Å². The average molecular weight is 291 g/mol. The number of rotatable bonds is 4. The number of hydrogen-bond acceptors (Lipinski definition) is 3. The molecule has 3 heteroatoms. The first-order chi connectivity index (χ1) is 10.8. The van der Waals surface area contributed by atoms with Crippen LogP contribution in [0.5, 0.6) is 5.75 Å². The van der Waals surface area contributed by atoms with E-state index in [0.29, 0.717) is 5.56 Å².